The smallest absolute Gasteiger partial charge is 0.227 e. The molecule has 2 saturated heterocycles. The van der Waals surface area contributed by atoms with E-state index in [-0.39, 0.29) is 11.8 Å². The Morgan fingerprint density at radius 1 is 0.632 bits per heavy atom. The highest BCUT2D eigenvalue weighted by molar-refractivity contribution is 5.82. The van der Waals surface area contributed by atoms with E-state index in [0.29, 0.717) is 37.0 Å². The lowest BCUT2D eigenvalue weighted by Gasteiger charge is -2.43. The molecule has 0 aromatic heterocycles. The maximum absolute atomic E-state index is 13.6. The number of likely N-dealkylation sites (N-methyl/N-ethyl adjacent to an activating group) is 2. The third kappa shape index (κ3) is 6.28. The second-order valence-electron chi connectivity index (χ2n) is 12.5. The molecule has 38 heavy (non-hydrogen) atoms. The molecule has 0 spiro atoms. The van der Waals surface area contributed by atoms with E-state index in [1.165, 1.54) is 90.4 Å². The van der Waals surface area contributed by atoms with E-state index in [4.69, 9.17) is 0 Å². The van der Waals surface area contributed by atoms with Crippen LogP contribution in [0.15, 0.2) is 24.3 Å². The van der Waals surface area contributed by atoms with Gasteiger partial charge in [0.1, 0.15) is 0 Å². The maximum atomic E-state index is 13.6. The zero-order valence-corrected chi connectivity index (χ0v) is 24.0. The number of carbonyl (C=O) groups is 2. The van der Waals surface area contributed by atoms with Crippen molar-refractivity contribution >= 4 is 11.8 Å². The van der Waals surface area contributed by atoms with Gasteiger partial charge in [0.2, 0.25) is 11.8 Å². The average Bonchev–Trinajstić information content (AvgIpc) is 3.68. The number of benzene rings is 1. The number of rotatable bonds is 8. The van der Waals surface area contributed by atoms with Gasteiger partial charge >= 0.3 is 0 Å². The zero-order valence-electron chi connectivity index (χ0n) is 24.0. The topological polar surface area (TPSA) is 47.1 Å². The van der Waals surface area contributed by atoms with Crippen LogP contribution < -0.4 is 0 Å². The summed E-state index contributed by atoms with van der Waals surface area (Å²) in [7, 11) is 4.04. The molecule has 4 aliphatic rings. The Hall–Kier alpha value is -1.92. The van der Waals surface area contributed by atoms with Crippen LogP contribution >= 0.6 is 0 Å². The molecule has 5 rings (SSSR count). The van der Waals surface area contributed by atoms with Gasteiger partial charge in [0.05, 0.1) is 12.8 Å². The van der Waals surface area contributed by atoms with Crippen molar-refractivity contribution in [3.05, 3.63) is 35.4 Å². The van der Waals surface area contributed by atoms with E-state index in [9.17, 15) is 9.59 Å². The lowest BCUT2D eigenvalue weighted by molar-refractivity contribution is -0.134. The first-order chi connectivity index (χ1) is 18.5. The van der Waals surface area contributed by atoms with Gasteiger partial charge in [-0.1, -0.05) is 49.9 Å². The Kier molecular flexibility index (Phi) is 9.42. The zero-order chi connectivity index (χ0) is 26.5. The Morgan fingerprint density at radius 2 is 1.00 bits per heavy atom. The quantitative estimate of drug-likeness (QED) is 0.504. The molecular formula is C32H50N4O2. The van der Waals surface area contributed by atoms with Crippen molar-refractivity contribution in [2.75, 3.05) is 40.3 Å². The van der Waals surface area contributed by atoms with Crippen LogP contribution in [0, 0.1) is 0 Å². The van der Waals surface area contributed by atoms with Crippen LogP contribution in [0.3, 0.4) is 0 Å². The molecule has 6 heteroatoms. The first-order valence-electron chi connectivity index (χ1n) is 15.6. The van der Waals surface area contributed by atoms with Crippen molar-refractivity contribution in [2.24, 2.45) is 0 Å². The van der Waals surface area contributed by atoms with Gasteiger partial charge in [-0.2, -0.15) is 0 Å². The summed E-state index contributed by atoms with van der Waals surface area (Å²) in [4.78, 5) is 36.5. The minimum Gasteiger partial charge on any atom is -0.341 e. The highest BCUT2D eigenvalue weighted by atomic mass is 16.2. The fourth-order valence-corrected chi connectivity index (χ4v) is 7.93. The van der Waals surface area contributed by atoms with Crippen molar-refractivity contribution < 1.29 is 9.59 Å². The molecule has 4 fully saturated rings. The molecule has 210 valence electrons. The third-order valence-corrected chi connectivity index (χ3v) is 10.2. The van der Waals surface area contributed by atoms with Gasteiger partial charge < -0.3 is 9.80 Å². The molecule has 4 atom stereocenters. The van der Waals surface area contributed by atoms with Gasteiger partial charge in [-0.3, -0.25) is 19.4 Å². The number of likely N-dealkylation sites (tertiary alicyclic amines) is 2. The van der Waals surface area contributed by atoms with Gasteiger partial charge in [0, 0.05) is 38.3 Å². The first-order valence-corrected chi connectivity index (χ1v) is 15.6. The predicted octanol–water partition coefficient (Wildman–Crippen LogP) is 4.50. The van der Waals surface area contributed by atoms with Crippen LogP contribution in [-0.4, -0.2) is 95.9 Å². The van der Waals surface area contributed by atoms with Crippen molar-refractivity contribution in [3.63, 3.8) is 0 Å². The summed E-state index contributed by atoms with van der Waals surface area (Å²) in [5, 5.41) is 0. The SMILES string of the molecule is CN(C(=O)Cc1ccccc1CC(=O)N(C)C1CCCCC1N1CCCC1)C1CCCCC1N1CCCC1. The van der Waals surface area contributed by atoms with Crippen LogP contribution in [0.1, 0.15) is 88.2 Å². The van der Waals surface area contributed by atoms with Crippen LogP contribution in [0.2, 0.25) is 0 Å². The minimum atomic E-state index is 0.190. The molecule has 2 amide bonds. The molecule has 6 nitrogen and oxygen atoms in total. The second-order valence-corrected chi connectivity index (χ2v) is 12.5. The molecular weight excluding hydrogens is 472 g/mol. The van der Waals surface area contributed by atoms with Crippen LogP contribution in [0.25, 0.3) is 0 Å². The number of amides is 2. The van der Waals surface area contributed by atoms with Gasteiger partial charge in [-0.05, 0) is 88.7 Å². The van der Waals surface area contributed by atoms with Gasteiger partial charge in [-0.15, -0.1) is 0 Å². The van der Waals surface area contributed by atoms with Gasteiger partial charge in [-0.25, -0.2) is 0 Å². The maximum Gasteiger partial charge on any atom is 0.227 e. The van der Waals surface area contributed by atoms with E-state index in [0.717, 1.165) is 24.0 Å². The number of hydrogen-bond donors (Lipinski definition) is 0. The van der Waals surface area contributed by atoms with E-state index >= 15 is 0 Å². The molecule has 2 heterocycles. The Balaban J connectivity index is 1.23. The number of hydrogen-bond acceptors (Lipinski definition) is 4. The van der Waals surface area contributed by atoms with E-state index < -0.39 is 0 Å². The van der Waals surface area contributed by atoms with Crippen molar-refractivity contribution in [1.29, 1.82) is 0 Å². The summed E-state index contributed by atoms with van der Waals surface area (Å²) >= 11 is 0. The summed E-state index contributed by atoms with van der Waals surface area (Å²) in [6.07, 6.45) is 15.5. The molecule has 2 saturated carbocycles. The lowest BCUT2D eigenvalue weighted by atomic mass is 9.87. The number of carbonyl (C=O) groups excluding carboxylic acids is 2. The fourth-order valence-electron chi connectivity index (χ4n) is 7.93. The molecule has 0 radical (unpaired) electrons. The van der Waals surface area contributed by atoms with E-state index in [2.05, 4.69) is 31.7 Å². The van der Waals surface area contributed by atoms with Crippen molar-refractivity contribution in [2.45, 2.75) is 114 Å². The van der Waals surface area contributed by atoms with E-state index in [1.54, 1.807) is 0 Å². The summed E-state index contributed by atoms with van der Waals surface area (Å²) in [5.74, 6) is 0.381. The first kappa shape index (κ1) is 27.6. The van der Waals surface area contributed by atoms with Gasteiger partial charge in [0.25, 0.3) is 0 Å². The molecule has 4 unspecified atom stereocenters. The molecule has 2 aliphatic carbocycles. The van der Waals surface area contributed by atoms with Crippen molar-refractivity contribution in [3.8, 4) is 0 Å². The Morgan fingerprint density at radius 3 is 1.39 bits per heavy atom. The third-order valence-electron chi connectivity index (χ3n) is 10.2. The summed E-state index contributed by atoms with van der Waals surface area (Å²) in [5.41, 5.74) is 2.03. The lowest BCUT2D eigenvalue weighted by Crippen LogP contribution is -2.53. The Bertz CT molecular complexity index is 864. The fraction of sp³-hybridized carbons (Fsp3) is 0.750. The summed E-state index contributed by atoms with van der Waals surface area (Å²) in [6.45, 7) is 4.73. The van der Waals surface area contributed by atoms with Crippen LogP contribution in [0.4, 0.5) is 0 Å². The highest BCUT2D eigenvalue weighted by Gasteiger charge is 2.37. The molecule has 1 aromatic carbocycles. The largest absolute Gasteiger partial charge is 0.341 e. The standard InChI is InChI=1S/C32H50N4O2/c1-33(27-15-5-7-17-29(27)35-19-9-10-20-35)31(37)23-25-13-3-4-14-26(25)24-32(38)34(2)28-16-6-8-18-30(28)36-21-11-12-22-36/h3-4,13-14,27-30H,5-12,15-24H2,1-2H3. The highest BCUT2D eigenvalue weighted by Crippen LogP contribution is 2.31. The van der Waals surface area contributed by atoms with Crippen LogP contribution in [-0.2, 0) is 22.4 Å². The van der Waals surface area contributed by atoms with E-state index in [1.807, 2.05) is 26.2 Å². The Labute approximate surface area is 230 Å². The second kappa shape index (κ2) is 13.0. The molecule has 2 aliphatic heterocycles. The predicted molar refractivity (Wildman–Crippen MR) is 153 cm³/mol. The molecule has 0 bridgehead atoms. The minimum absolute atomic E-state index is 0.190. The molecule has 1 aromatic rings. The van der Waals surface area contributed by atoms with Gasteiger partial charge in [0.15, 0.2) is 0 Å². The summed E-state index contributed by atoms with van der Waals surface area (Å²) < 4.78 is 0. The van der Waals surface area contributed by atoms with Crippen LogP contribution in [0.5, 0.6) is 0 Å². The number of nitrogens with zero attached hydrogens (tertiary/aromatic N) is 4. The molecule has 0 N–H and O–H groups in total. The summed E-state index contributed by atoms with van der Waals surface area (Å²) in [6, 6.07) is 9.76. The monoisotopic (exact) mass is 522 g/mol. The average molecular weight is 523 g/mol. The normalized spacial score (nSPS) is 28.9. The van der Waals surface area contributed by atoms with Crippen molar-refractivity contribution in [1.82, 2.24) is 19.6 Å².